The highest BCUT2D eigenvalue weighted by atomic mass is 16.2. The zero-order valence-corrected chi connectivity index (χ0v) is 7.21. The van der Waals surface area contributed by atoms with E-state index in [1.807, 2.05) is 20.2 Å². The number of carbonyl (C=O) groups is 1. The van der Waals surface area contributed by atoms with Gasteiger partial charge < -0.3 is 4.90 Å². The lowest BCUT2D eigenvalue weighted by molar-refractivity contribution is -0.131. The molecule has 0 N–H and O–H groups in total. The molecule has 0 fully saturated rings. The fourth-order valence-electron chi connectivity index (χ4n) is 1.35. The van der Waals surface area contributed by atoms with E-state index in [4.69, 9.17) is 0 Å². The number of allylic oxidation sites excluding steroid dienone is 1. The molecule has 0 aromatic rings. The third-order valence-corrected chi connectivity index (χ3v) is 2.01. The number of carbonyl (C=O) groups excluding carboxylic acids is 1. The van der Waals surface area contributed by atoms with Crippen molar-refractivity contribution >= 4 is 5.91 Å². The van der Waals surface area contributed by atoms with Crippen molar-refractivity contribution in [2.24, 2.45) is 5.92 Å². The predicted molar refractivity (Wildman–Crippen MR) is 45.2 cm³/mol. The van der Waals surface area contributed by atoms with Gasteiger partial charge in [0, 0.05) is 14.1 Å². The van der Waals surface area contributed by atoms with E-state index in [-0.39, 0.29) is 11.8 Å². The maximum Gasteiger partial charge on any atom is 0.228 e. The van der Waals surface area contributed by atoms with Crippen molar-refractivity contribution in [1.82, 2.24) is 4.90 Å². The van der Waals surface area contributed by atoms with Crippen LogP contribution >= 0.6 is 0 Å². The average molecular weight is 153 g/mol. The van der Waals surface area contributed by atoms with Gasteiger partial charge in [0.25, 0.3) is 0 Å². The number of hydrogen-bond acceptors (Lipinski definition) is 1. The SMILES string of the molecule is CN(C)C(=O)C1C=CCCC1. The van der Waals surface area contributed by atoms with Gasteiger partial charge in [0.05, 0.1) is 5.92 Å². The molecule has 1 atom stereocenters. The lowest BCUT2D eigenvalue weighted by Gasteiger charge is -2.19. The van der Waals surface area contributed by atoms with Gasteiger partial charge in [0.15, 0.2) is 0 Å². The van der Waals surface area contributed by atoms with Crippen LogP contribution in [-0.2, 0) is 4.79 Å². The minimum absolute atomic E-state index is 0.152. The van der Waals surface area contributed by atoms with E-state index in [9.17, 15) is 4.79 Å². The quantitative estimate of drug-likeness (QED) is 0.522. The number of rotatable bonds is 1. The van der Waals surface area contributed by atoms with Crippen molar-refractivity contribution in [3.8, 4) is 0 Å². The molecule has 1 aliphatic carbocycles. The first-order valence-corrected chi connectivity index (χ1v) is 4.09. The molecule has 1 rings (SSSR count). The molecule has 0 spiro atoms. The van der Waals surface area contributed by atoms with Crippen LogP contribution in [0.3, 0.4) is 0 Å². The molecule has 0 aliphatic heterocycles. The second-order valence-electron chi connectivity index (χ2n) is 3.20. The normalized spacial score (nSPS) is 23.3. The van der Waals surface area contributed by atoms with Crippen molar-refractivity contribution in [1.29, 1.82) is 0 Å². The van der Waals surface area contributed by atoms with Crippen LogP contribution in [0, 0.1) is 5.92 Å². The Kier molecular flexibility index (Phi) is 2.69. The van der Waals surface area contributed by atoms with E-state index in [0.717, 1.165) is 19.3 Å². The van der Waals surface area contributed by atoms with E-state index in [1.165, 1.54) is 0 Å². The highest BCUT2D eigenvalue weighted by Crippen LogP contribution is 2.18. The Hall–Kier alpha value is -0.790. The summed E-state index contributed by atoms with van der Waals surface area (Å²) in [7, 11) is 3.62. The van der Waals surface area contributed by atoms with Crippen LogP contribution in [0.5, 0.6) is 0 Å². The summed E-state index contributed by atoms with van der Waals surface area (Å²) in [4.78, 5) is 13.0. The van der Waals surface area contributed by atoms with E-state index >= 15 is 0 Å². The summed E-state index contributed by atoms with van der Waals surface area (Å²) in [5.41, 5.74) is 0. The maximum absolute atomic E-state index is 11.4. The number of hydrogen-bond donors (Lipinski definition) is 0. The Morgan fingerprint density at radius 1 is 1.55 bits per heavy atom. The van der Waals surface area contributed by atoms with E-state index in [2.05, 4.69) is 6.08 Å². The Bertz CT molecular complexity index is 172. The van der Waals surface area contributed by atoms with Crippen LogP contribution < -0.4 is 0 Å². The molecule has 2 nitrogen and oxygen atoms in total. The summed E-state index contributed by atoms with van der Waals surface area (Å²) in [6.45, 7) is 0. The molecule has 0 bridgehead atoms. The Balaban J connectivity index is 2.52. The van der Waals surface area contributed by atoms with Gasteiger partial charge in [0.1, 0.15) is 0 Å². The van der Waals surface area contributed by atoms with Gasteiger partial charge in [0.2, 0.25) is 5.91 Å². The van der Waals surface area contributed by atoms with Gasteiger partial charge in [-0.1, -0.05) is 12.2 Å². The van der Waals surface area contributed by atoms with Crippen LogP contribution in [0.15, 0.2) is 12.2 Å². The molecule has 0 heterocycles. The summed E-state index contributed by atoms with van der Waals surface area (Å²) >= 11 is 0. The zero-order chi connectivity index (χ0) is 8.27. The largest absolute Gasteiger partial charge is 0.348 e. The van der Waals surface area contributed by atoms with Crippen LogP contribution in [0.1, 0.15) is 19.3 Å². The van der Waals surface area contributed by atoms with Gasteiger partial charge in [-0.3, -0.25) is 4.79 Å². The predicted octanol–water partition coefficient (Wildman–Crippen LogP) is 1.43. The molecule has 1 aliphatic rings. The highest BCUT2D eigenvalue weighted by molar-refractivity contribution is 5.80. The monoisotopic (exact) mass is 153 g/mol. The van der Waals surface area contributed by atoms with Crippen molar-refractivity contribution in [3.63, 3.8) is 0 Å². The summed E-state index contributed by atoms with van der Waals surface area (Å²) in [6, 6.07) is 0. The molecule has 11 heavy (non-hydrogen) atoms. The highest BCUT2D eigenvalue weighted by Gasteiger charge is 2.18. The fourth-order valence-corrected chi connectivity index (χ4v) is 1.35. The minimum Gasteiger partial charge on any atom is -0.348 e. The van der Waals surface area contributed by atoms with Crippen LogP contribution in [0.4, 0.5) is 0 Å². The van der Waals surface area contributed by atoms with E-state index < -0.39 is 0 Å². The molecule has 62 valence electrons. The van der Waals surface area contributed by atoms with Crippen LogP contribution in [0.2, 0.25) is 0 Å². The number of amides is 1. The Morgan fingerprint density at radius 2 is 2.27 bits per heavy atom. The van der Waals surface area contributed by atoms with Crippen molar-refractivity contribution in [2.75, 3.05) is 14.1 Å². The molecule has 0 aromatic carbocycles. The zero-order valence-electron chi connectivity index (χ0n) is 7.21. The summed E-state index contributed by atoms with van der Waals surface area (Å²) in [5, 5.41) is 0. The second-order valence-corrected chi connectivity index (χ2v) is 3.20. The first-order chi connectivity index (χ1) is 5.22. The van der Waals surface area contributed by atoms with E-state index in [1.54, 1.807) is 4.90 Å². The molecule has 2 heteroatoms. The Labute approximate surface area is 67.9 Å². The third kappa shape index (κ3) is 2.07. The minimum atomic E-state index is 0.152. The standard InChI is InChI=1S/C9H15NO/c1-10(2)9(11)8-6-4-3-5-7-8/h4,6,8H,3,5,7H2,1-2H3. The lowest BCUT2D eigenvalue weighted by atomic mass is 9.95. The molecule has 0 saturated carbocycles. The molecule has 1 amide bonds. The third-order valence-electron chi connectivity index (χ3n) is 2.01. The second kappa shape index (κ2) is 3.56. The van der Waals surface area contributed by atoms with Crippen LogP contribution in [0.25, 0.3) is 0 Å². The molecule has 0 aromatic heterocycles. The van der Waals surface area contributed by atoms with Crippen molar-refractivity contribution in [3.05, 3.63) is 12.2 Å². The maximum atomic E-state index is 11.4. The summed E-state index contributed by atoms with van der Waals surface area (Å²) < 4.78 is 0. The fraction of sp³-hybridized carbons (Fsp3) is 0.667. The van der Waals surface area contributed by atoms with E-state index in [0.29, 0.717) is 0 Å². The van der Waals surface area contributed by atoms with Crippen molar-refractivity contribution < 1.29 is 4.79 Å². The van der Waals surface area contributed by atoms with Gasteiger partial charge in [-0.25, -0.2) is 0 Å². The van der Waals surface area contributed by atoms with Gasteiger partial charge in [-0.15, -0.1) is 0 Å². The van der Waals surface area contributed by atoms with Gasteiger partial charge in [-0.05, 0) is 19.3 Å². The van der Waals surface area contributed by atoms with Crippen LogP contribution in [-0.4, -0.2) is 24.9 Å². The van der Waals surface area contributed by atoms with Gasteiger partial charge in [-0.2, -0.15) is 0 Å². The van der Waals surface area contributed by atoms with Gasteiger partial charge >= 0.3 is 0 Å². The first kappa shape index (κ1) is 8.31. The molecule has 0 saturated heterocycles. The summed E-state index contributed by atoms with van der Waals surface area (Å²) in [6.07, 6.45) is 7.45. The summed E-state index contributed by atoms with van der Waals surface area (Å²) in [5.74, 6) is 0.389. The Morgan fingerprint density at radius 3 is 2.73 bits per heavy atom. The molecular weight excluding hydrogens is 138 g/mol. The molecule has 1 unspecified atom stereocenters. The smallest absolute Gasteiger partial charge is 0.228 e. The molecule has 0 radical (unpaired) electrons. The average Bonchev–Trinajstić information content (AvgIpc) is 2.05. The number of nitrogens with zero attached hydrogens (tertiary/aromatic N) is 1. The first-order valence-electron chi connectivity index (χ1n) is 4.09. The topological polar surface area (TPSA) is 20.3 Å². The molecular formula is C9H15NO. The van der Waals surface area contributed by atoms with Crippen molar-refractivity contribution in [2.45, 2.75) is 19.3 Å². The lowest BCUT2D eigenvalue weighted by Crippen LogP contribution is -2.29.